The van der Waals surface area contributed by atoms with Gasteiger partial charge in [-0.05, 0) is 128 Å². The molecule has 0 N–H and O–H groups in total. The SMILES string of the molecule is CC/C=C\C/C=C\C/C=C\C/C=C\C/C=C\C/C=C\C/C=C\CCCCCCCC(=O)OCC(COC(=O)CCCCCCC)OC(=O)CCCCCCCC/C=C\C/C=C\C/C=C\C/C=C\C/C=C\C/C=C\CC. The zero-order chi connectivity index (χ0) is 54.3. The van der Waals surface area contributed by atoms with Gasteiger partial charge in [0.25, 0.3) is 0 Å². The Morgan fingerprint density at radius 1 is 0.280 bits per heavy atom. The lowest BCUT2D eigenvalue weighted by Gasteiger charge is -2.18. The van der Waals surface area contributed by atoms with E-state index in [0.29, 0.717) is 19.3 Å². The minimum Gasteiger partial charge on any atom is -0.462 e. The maximum absolute atomic E-state index is 12.8. The topological polar surface area (TPSA) is 78.9 Å². The summed E-state index contributed by atoms with van der Waals surface area (Å²) in [7, 11) is 0. The summed E-state index contributed by atoms with van der Waals surface area (Å²) in [6.45, 7) is 6.28. The molecule has 0 spiro atoms. The van der Waals surface area contributed by atoms with Crippen molar-refractivity contribution in [2.24, 2.45) is 0 Å². The summed E-state index contributed by atoms with van der Waals surface area (Å²) in [4.78, 5) is 37.9. The van der Waals surface area contributed by atoms with E-state index in [-0.39, 0.29) is 31.1 Å². The first-order valence-electron chi connectivity index (χ1n) is 30.0. The highest BCUT2D eigenvalue weighted by atomic mass is 16.6. The molecule has 0 aliphatic carbocycles. The van der Waals surface area contributed by atoms with E-state index in [0.717, 1.165) is 186 Å². The number of unbranched alkanes of at least 4 members (excludes halogenated alkanes) is 15. The van der Waals surface area contributed by atoms with Gasteiger partial charge in [0.15, 0.2) is 6.10 Å². The smallest absolute Gasteiger partial charge is 0.306 e. The number of carbonyl (C=O) groups is 3. The summed E-state index contributed by atoms with van der Waals surface area (Å²) in [5.41, 5.74) is 0. The van der Waals surface area contributed by atoms with Gasteiger partial charge in [-0.3, -0.25) is 14.4 Å². The maximum atomic E-state index is 12.8. The predicted molar refractivity (Wildman–Crippen MR) is 325 cm³/mol. The van der Waals surface area contributed by atoms with Crippen LogP contribution in [0.1, 0.15) is 239 Å². The van der Waals surface area contributed by atoms with Crippen molar-refractivity contribution < 1.29 is 28.6 Å². The molecule has 0 fully saturated rings. The lowest BCUT2D eigenvalue weighted by molar-refractivity contribution is -0.167. The minimum absolute atomic E-state index is 0.0978. The molecule has 0 aromatic carbocycles. The second-order valence-corrected chi connectivity index (χ2v) is 19.1. The number of hydrogen-bond donors (Lipinski definition) is 0. The monoisotopic (exact) mass is 1030 g/mol. The molecule has 0 aliphatic heterocycles. The Morgan fingerprint density at radius 2 is 0.520 bits per heavy atom. The highest BCUT2D eigenvalue weighted by molar-refractivity contribution is 5.71. The molecule has 0 aromatic rings. The summed E-state index contributed by atoms with van der Waals surface area (Å²) in [6, 6.07) is 0. The van der Waals surface area contributed by atoms with E-state index < -0.39 is 6.10 Å². The molecule has 0 saturated heterocycles. The molecule has 0 amide bonds. The van der Waals surface area contributed by atoms with E-state index in [9.17, 15) is 14.4 Å². The van der Waals surface area contributed by atoms with E-state index in [4.69, 9.17) is 14.2 Å². The Kier molecular flexibility index (Phi) is 57.5. The molecule has 75 heavy (non-hydrogen) atoms. The summed E-state index contributed by atoms with van der Waals surface area (Å²) >= 11 is 0. The Balaban J connectivity index is 4.22. The van der Waals surface area contributed by atoms with E-state index in [2.05, 4.69) is 179 Å². The molecule has 6 heteroatoms. The second kappa shape index (κ2) is 61.6. The van der Waals surface area contributed by atoms with Crippen molar-refractivity contribution in [3.05, 3.63) is 158 Å². The second-order valence-electron chi connectivity index (χ2n) is 19.1. The van der Waals surface area contributed by atoms with Crippen LogP contribution >= 0.6 is 0 Å². The molecule has 0 rings (SSSR count). The highest BCUT2D eigenvalue weighted by Crippen LogP contribution is 2.13. The molecule has 0 saturated carbocycles. The Bertz CT molecular complexity index is 1710. The van der Waals surface area contributed by atoms with Crippen LogP contribution in [0.4, 0.5) is 0 Å². The van der Waals surface area contributed by atoms with Crippen LogP contribution in [0, 0.1) is 0 Å². The Hall–Kier alpha value is -4.97. The fraction of sp³-hybridized carbons (Fsp3) is 0.580. The largest absolute Gasteiger partial charge is 0.462 e. The van der Waals surface area contributed by atoms with Gasteiger partial charge in [-0.2, -0.15) is 0 Å². The van der Waals surface area contributed by atoms with Gasteiger partial charge >= 0.3 is 17.9 Å². The van der Waals surface area contributed by atoms with E-state index >= 15 is 0 Å². The first-order valence-corrected chi connectivity index (χ1v) is 30.0. The van der Waals surface area contributed by atoms with Crippen molar-refractivity contribution in [2.45, 2.75) is 245 Å². The molecule has 1 unspecified atom stereocenters. The normalized spacial score (nSPS) is 13.3. The maximum Gasteiger partial charge on any atom is 0.306 e. The fourth-order valence-electron chi connectivity index (χ4n) is 7.60. The van der Waals surface area contributed by atoms with Crippen molar-refractivity contribution in [1.29, 1.82) is 0 Å². The van der Waals surface area contributed by atoms with Crippen LogP contribution in [0.5, 0.6) is 0 Å². The van der Waals surface area contributed by atoms with Gasteiger partial charge in [0.05, 0.1) is 0 Å². The van der Waals surface area contributed by atoms with Crippen LogP contribution < -0.4 is 0 Å². The number of ether oxygens (including phenoxy) is 3. The van der Waals surface area contributed by atoms with E-state index in [1.807, 2.05) is 0 Å². The standard InChI is InChI=1S/C69H108O6/c1-4-7-10-13-15-17-19-21-23-25-27-29-31-33-34-36-37-39-41-43-45-47-49-51-53-56-59-62-68(71)74-65-66(64-73-67(70)61-58-55-12-9-6-3)75-69(72)63-60-57-54-52-50-48-46-44-42-40-38-35-32-30-28-26-24-22-20-18-16-14-11-8-5-2/h7-8,10-11,15-18,21-24,27-30,33-35,37-39,42-45,66H,4-6,9,12-14,19-20,25-26,31-32,36,40-41,46-65H2,1-3H3/b10-7-,11-8-,17-15-,18-16-,23-21-,24-22-,29-27-,30-28-,34-33-,38-35-,39-37-,44-42-,45-43-. The minimum atomic E-state index is -0.799. The number of rotatable bonds is 52. The van der Waals surface area contributed by atoms with Crippen molar-refractivity contribution in [3.8, 4) is 0 Å². The molecule has 0 aromatic heterocycles. The summed E-state index contributed by atoms with van der Waals surface area (Å²) in [6.07, 6.45) is 89.9. The first kappa shape index (κ1) is 70.0. The van der Waals surface area contributed by atoms with E-state index in [1.165, 1.54) is 12.8 Å². The van der Waals surface area contributed by atoms with Gasteiger partial charge in [0.2, 0.25) is 0 Å². The van der Waals surface area contributed by atoms with Crippen LogP contribution in [0.2, 0.25) is 0 Å². The predicted octanol–water partition coefficient (Wildman–Crippen LogP) is 20.5. The van der Waals surface area contributed by atoms with Gasteiger partial charge in [-0.1, -0.05) is 249 Å². The number of hydrogen-bond acceptors (Lipinski definition) is 6. The summed E-state index contributed by atoms with van der Waals surface area (Å²) in [5.74, 6) is -0.954. The summed E-state index contributed by atoms with van der Waals surface area (Å²) in [5, 5.41) is 0. The lowest BCUT2D eigenvalue weighted by atomic mass is 10.1. The molecule has 6 nitrogen and oxygen atoms in total. The van der Waals surface area contributed by atoms with Crippen LogP contribution in [-0.4, -0.2) is 37.2 Å². The average Bonchev–Trinajstić information content (AvgIpc) is 3.41. The Morgan fingerprint density at radius 3 is 0.813 bits per heavy atom. The fourth-order valence-corrected chi connectivity index (χ4v) is 7.60. The third-order valence-electron chi connectivity index (χ3n) is 12.0. The quantitative estimate of drug-likeness (QED) is 0.0261. The Labute approximate surface area is 460 Å². The molecular weight excluding hydrogens is 925 g/mol. The number of allylic oxidation sites excluding steroid dienone is 26. The average molecular weight is 1030 g/mol. The van der Waals surface area contributed by atoms with Gasteiger partial charge in [0, 0.05) is 19.3 Å². The first-order chi connectivity index (χ1) is 37.0. The summed E-state index contributed by atoms with van der Waals surface area (Å²) < 4.78 is 16.7. The van der Waals surface area contributed by atoms with Crippen molar-refractivity contribution in [1.82, 2.24) is 0 Å². The molecule has 0 heterocycles. The third kappa shape index (κ3) is 59.8. The molecule has 0 radical (unpaired) electrons. The van der Waals surface area contributed by atoms with Crippen molar-refractivity contribution in [3.63, 3.8) is 0 Å². The van der Waals surface area contributed by atoms with Crippen LogP contribution in [0.15, 0.2) is 158 Å². The molecular formula is C69H108O6. The number of esters is 3. The van der Waals surface area contributed by atoms with Crippen LogP contribution in [0.25, 0.3) is 0 Å². The molecule has 420 valence electrons. The molecule has 0 bridgehead atoms. The van der Waals surface area contributed by atoms with E-state index in [1.54, 1.807) is 0 Å². The zero-order valence-corrected chi connectivity index (χ0v) is 48.0. The zero-order valence-electron chi connectivity index (χ0n) is 48.0. The van der Waals surface area contributed by atoms with Gasteiger partial charge < -0.3 is 14.2 Å². The van der Waals surface area contributed by atoms with Gasteiger partial charge in [0.1, 0.15) is 13.2 Å². The highest BCUT2D eigenvalue weighted by Gasteiger charge is 2.19. The third-order valence-corrected chi connectivity index (χ3v) is 12.0. The van der Waals surface area contributed by atoms with Crippen molar-refractivity contribution >= 4 is 17.9 Å². The lowest BCUT2D eigenvalue weighted by Crippen LogP contribution is -2.30. The van der Waals surface area contributed by atoms with Crippen molar-refractivity contribution in [2.75, 3.05) is 13.2 Å². The van der Waals surface area contributed by atoms with Gasteiger partial charge in [-0.15, -0.1) is 0 Å². The molecule has 1 atom stereocenters. The van der Waals surface area contributed by atoms with Crippen LogP contribution in [0.3, 0.4) is 0 Å². The molecule has 0 aliphatic rings. The number of carbonyl (C=O) groups excluding carboxylic acids is 3. The van der Waals surface area contributed by atoms with Gasteiger partial charge in [-0.25, -0.2) is 0 Å². The van der Waals surface area contributed by atoms with Crippen LogP contribution in [-0.2, 0) is 28.6 Å².